The Morgan fingerprint density at radius 3 is 1.95 bits per heavy atom. The van der Waals surface area contributed by atoms with E-state index in [1.165, 1.54) is 29.8 Å². The van der Waals surface area contributed by atoms with Gasteiger partial charge in [-0.05, 0) is 43.5 Å². The number of piperazine rings is 1. The predicted octanol–water partition coefficient (Wildman–Crippen LogP) is 1.14. The first-order valence-corrected chi connectivity index (χ1v) is 7.17. The highest BCUT2D eigenvalue weighted by atomic mass is 16.2. The summed E-state index contributed by atoms with van der Waals surface area (Å²) >= 11 is 0. The summed E-state index contributed by atoms with van der Waals surface area (Å²) in [5, 5.41) is 2.80. The summed E-state index contributed by atoms with van der Waals surface area (Å²) in [6.45, 7) is 2.62. The quantitative estimate of drug-likeness (QED) is 0.821. The first-order chi connectivity index (χ1) is 9.75. The average molecular weight is 273 g/mol. The first kappa shape index (κ1) is 13.1. The normalized spacial score (nSPS) is 20.4. The van der Waals surface area contributed by atoms with E-state index < -0.39 is 0 Å². The molecule has 1 aromatic rings. The largest absolute Gasteiger partial charge is 0.372 e. The molecule has 5 nitrogen and oxygen atoms in total. The molecule has 2 fully saturated rings. The van der Waals surface area contributed by atoms with Gasteiger partial charge in [-0.25, -0.2) is 4.90 Å². The Kier molecular flexibility index (Phi) is 3.69. The molecule has 5 heteroatoms. The van der Waals surface area contributed by atoms with E-state index in [2.05, 4.69) is 10.2 Å². The smallest absolute Gasteiger partial charge is 0.247 e. The molecule has 20 heavy (non-hydrogen) atoms. The molecular weight excluding hydrogens is 254 g/mol. The predicted molar refractivity (Wildman–Crippen MR) is 77.9 cm³/mol. The highest BCUT2D eigenvalue weighted by Crippen LogP contribution is 2.24. The van der Waals surface area contributed by atoms with E-state index in [0.717, 1.165) is 13.1 Å². The minimum absolute atomic E-state index is 0.188. The van der Waals surface area contributed by atoms with Gasteiger partial charge < -0.3 is 4.90 Å². The summed E-state index contributed by atoms with van der Waals surface area (Å²) < 4.78 is 0. The third kappa shape index (κ3) is 2.54. The third-order valence-electron chi connectivity index (χ3n) is 3.88. The first-order valence-electron chi connectivity index (χ1n) is 7.17. The second-order valence-corrected chi connectivity index (χ2v) is 5.29. The van der Waals surface area contributed by atoms with Gasteiger partial charge in [0.25, 0.3) is 0 Å². The van der Waals surface area contributed by atoms with Crippen molar-refractivity contribution in [3.8, 4) is 0 Å². The van der Waals surface area contributed by atoms with Gasteiger partial charge in [0.2, 0.25) is 11.8 Å². The molecule has 2 saturated heterocycles. The molecule has 0 atom stereocenters. The number of nitrogens with one attached hydrogen (secondary N) is 1. The lowest BCUT2D eigenvalue weighted by molar-refractivity contribution is -0.127. The molecule has 2 heterocycles. The molecule has 2 aliphatic heterocycles. The van der Waals surface area contributed by atoms with E-state index in [0.29, 0.717) is 5.69 Å². The van der Waals surface area contributed by atoms with Crippen molar-refractivity contribution in [2.24, 2.45) is 0 Å². The fourth-order valence-electron chi connectivity index (χ4n) is 2.83. The van der Waals surface area contributed by atoms with E-state index in [1.807, 2.05) is 24.3 Å². The standard InChI is InChI=1S/C15H19N3O2/c19-14-10-16-11-15(20)18(14)13-6-4-12(5-7-13)17-8-2-1-3-9-17/h4-7,16H,1-3,8-11H2. The van der Waals surface area contributed by atoms with Crippen LogP contribution in [-0.4, -0.2) is 38.0 Å². The van der Waals surface area contributed by atoms with Crippen LogP contribution < -0.4 is 15.1 Å². The topological polar surface area (TPSA) is 52.7 Å². The third-order valence-corrected chi connectivity index (χ3v) is 3.88. The van der Waals surface area contributed by atoms with Gasteiger partial charge in [0.05, 0.1) is 18.8 Å². The van der Waals surface area contributed by atoms with E-state index >= 15 is 0 Å². The summed E-state index contributed by atoms with van der Waals surface area (Å²) in [6.07, 6.45) is 3.77. The van der Waals surface area contributed by atoms with Gasteiger partial charge in [0.15, 0.2) is 0 Å². The summed E-state index contributed by atoms with van der Waals surface area (Å²) in [6, 6.07) is 7.74. The molecule has 106 valence electrons. The zero-order chi connectivity index (χ0) is 13.9. The number of piperidine rings is 1. The zero-order valence-corrected chi connectivity index (χ0v) is 11.5. The summed E-state index contributed by atoms with van der Waals surface area (Å²) in [4.78, 5) is 27.3. The van der Waals surface area contributed by atoms with Crippen molar-refractivity contribution in [3.05, 3.63) is 24.3 Å². The maximum absolute atomic E-state index is 11.8. The minimum atomic E-state index is -0.188. The SMILES string of the molecule is O=C1CNCC(=O)N1c1ccc(N2CCCCC2)cc1. The number of hydrogen-bond donors (Lipinski definition) is 1. The molecule has 0 aliphatic carbocycles. The van der Waals surface area contributed by atoms with Crippen molar-refractivity contribution in [2.45, 2.75) is 19.3 Å². The summed E-state index contributed by atoms with van der Waals surface area (Å²) in [5.41, 5.74) is 1.84. The van der Waals surface area contributed by atoms with Crippen molar-refractivity contribution >= 4 is 23.2 Å². The van der Waals surface area contributed by atoms with Crippen LogP contribution in [0.25, 0.3) is 0 Å². The Morgan fingerprint density at radius 2 is 1.35 bits per heavy atom. The number of anilines is 2. The second-order valence-electron chi connectivity index (χ2n) is 5.29. The number of amides is 2. The molecule has 0 spiro atoms. The van der Waals surface area contributed by atoms with Gasteiger partial charge in [-0.1, -0.05) is 0 Å². The average Bonchev–Trinajstić information content (AvgIpc) is 2.49. The molecule has 2 amide bonds. The molecule has 0 bridgehead atoms. The van der Waals surface area contributed by atoms with Gasteiger partial charge in [-0.3, -0.25) is 14.9 Å². The van der Waals surface area contributed by atoms with Crippen molar-refractivity contribution in [1.29, 1.82) is 0 Å². The van der Waals surface area contributed by atoms with Gasteiger partial charge >= 0.3 is 0 Å². The molecule has 2 aliphatic rings. The van der Waals surface area contributed by atoms with Crippen LogP contribution in [0, 0.1) is 0 Å². The number of nitrogens with zero attached hydrogens (tertiary/aromatic N) is 2. The van der Waals surface area contributed by atoms with Crippen molar-refractivity contribution < 1.29 is 9.59 Å². The Balaban J connectivity index is 1.78. The molecule has 3 rings (SSSR count). The maximum Gasteiger partial charge on any atom is 0.247 e. The maximum atomic E-state index is 11.8. The highest BCUT2D eigenvalue weighted by Gasteiger charge is 2.27. The van der Waals surface area contributed by atoms with E-state index in [9.17, 15) is 9.59 Å². The Morgan fingerprint density at radius 1 is 0.800 bits per heavy atom. The lowest BCUT2D eigenvalue weighted by Gasteiger charge is -2.30. The summed E-state index contributed by atoms with van der Waals surface area (Å²) in [7, 11) is 0. The minimum Gasteiger partial charge on any atom is -0.372 e. The van der Waals surface area contributed by atoms with Crippen LogP contribution in [0.1, 0.15) is 19.3 Å². The van der Waals surface area contributed by atoms with Crippen LogP contribution in [0.15, 0.2) is 24.3 Å². The van der Waals surface area contributed by atoms with E-state index in [1.54, 1.807) is 0 Å². The zero-order valence-electron chi connectivity index (χ0n) is 11.5. The Labute approximate surface area is 118 Å². The second kappa shape index (κ2) is 5.63. The summed E-state index contributed by atoms with van der Waals surface area (Å²) in [5.74, 6) is -0.376. The molecular formula is C15H19N3O2. The lowest BCUT2D eigenvalue weighted by Crippen LogP contribution is -2.52. The van der Waals surface area contributed by atoms with Crippen LogP contribution in [0.4, 0.5) is 11.4 Å². The molecule has 0 aromatic heterocycles. The van der Waals surface area contributed by atoms with Gasteiger partial charge in [0.1, 0.15) is 0 Å². The van der Waals surface area contributed by atoms with Crippen LogP contribution in [0.5, 0.6) is 0 Å². The Hall–Kier alpha value is -1.88. The molecule has 0 radical (unpaired) electrons. The van der Waals surface area contributed by atoms with Gasteiger partial charge in [-0.15, -0.1) is 0 Å². The van der Waals surface area contributed by atoms with Crippen molar-refractivity contribution in [1.82, 2.24) is 5.32 Å². The number of hydrogen-bond acceptors (Lipinski definition) is 4. The fourth-order valence-corrected chi connectivity index (χ4v) is 2.83. The molecule has 1 aromatic carbocycles. The molecule has 0 saturated carbocycles. The van der Waals surface area contributed by atoms with Crippen LogP contribution in [0.2, 0.25) is 0 Å². The van der Waals surface area contributed by atoms with E-state index in [-0.39, 0.29) is 24.9 Å². The number of benzene rings is 1. The van der Waals surface area contributed by atoms with Crippen molar-refractivity contribution in [2.75, 3.05) is 36.0 Å². The van der Waals surface area contributed by atoms with E-state index in [4.69, 9.17) is 0 Å². The number of carbonyl (C=O) groups excluding carboxylic acids is 2. The van der Waals surface area contributed by atoms with Crippen molar-refractivity contribution in [3.63, 3.8) is 0 Å². The Bertz CT molecular complexity index is 490. The highest BCUT2D eigenvalue weighted by molar-refractivity contribution is 6.17. The van der Waals surface area contributed by atoms with Crippen LogP contribution in [-0.2, 0) is 9.59 Å². The fraction of sp³-hybridized carbons (Fsp3) is 0.467. The van der Waals surface area contributed by atoms with Crippen LogP contribution in [0.3, 0.4) is 0 Å². The molecule has 0 unspecified atom stereocenters. The number of rotatable bonds is 2. The lowest BCUT2D eigenvalue weighted by atomic mass is 10.1. The number of carbonyl (C=O) groups is 2. The van der Waals surface area contributed by atoms with Gasteiger partial charge in [-0.2, -0.15) is 0 Å². The van der Waals surface area contributed by atoms with Gasteiger partial charge in [0, 0.05) is 18.8 Å². The molecule has 1 N–H and O–H groups in total. The number of imide groups is 1. The monoisotopic (exact) mass is 273 g/mol. The van der Waals surface area contributed by atoms with Crippen LogP contribution >= 0.6 is 0 Å².